The summed E-state index contributed by atoms with van der Waals surface area (Å²) in [5, 5.41) is 3.37. The molecule has 0 saturated heterocycles. The molecular weight excluding hydrogens is 174 g/mol. The Balaban J connectivity index is 2.57. The van der Waals surface area contributed by atoms with Crippen molar-refractivity contribution in [3.63, 3.8) is 0 Å². The molecule has 76 valence electrons. The Labute approximate surface area is 85.3 Å². The standard InChI is InChI=1S/C12H17NO/c1-8-6-9(2)11-7-13-4-5-14-12(11)10(8)3/h6,13H,4-5,7H2,1-3H3. The predicted octanol–water partition coefficient (Wildman–Crippen LogP) is 2.09. The van der Waals surface area contributed by atoms with Crippen LogP contribution < -0.4 is 10.1 Å². The van der Waals surface area contributed by atoms with Crippen molar-refractivity contribution in [1.29, 1.82) is 0 Å². The molecule has 1 aromatic carbocycles. The fourth-order valence-electron chi connectivity index (χ4n) is 1.96. The summed E-state index contributed by atoms with van der Waals surface area (Å²) in [5.41, 5.74) is 5.26. The molecule has 0 atom stereocenters. The monoisotopic (exact) mass is 191 g/mol. The zero-order valence-electron chi connectivity index (χ0n) is 9.11. The molecule has 2 nitrogen and oxygen atoms in total. The Morgan fingerprint density at radius 2 is 2.00 bits per heavy atom. The average molecular weight is 191 g/mol. The number of benzene rings is 1. The molecule has 0 spiro atoms. The number of nitrogens with one attached hydrogen (secondary N) is 1. The molecule has 1 N–H and O–H groups in total. The molecule has 0 bridgehead atoms. The van der Waals surface area contributed by atoms with Crippen LogP contribution in [0.1, 0.15) is 22.3 Å². The molecule has 0 unspecified atom stereocenters. The maximum atomic E-state index is 5.78. The van der Waals surface area contributed by atoms with Crippen molar-refractivity contribution in [2.45, 2.75) is 27.3 Å². The molecule has 1 aromatic rings. The second kappa shape index (κ2) is 3.62. The van der Waals surface area contributed by atoms with Gasteiger partial charge in [-0.1, -0.05) is 6.07 Å². The van der Waals surface area contributed by atoms with E-state index in [0.29, 0.717) is 0 Å². The van der Waals surface area contributed by atoms with Crippen LogP contribution in [0.2, 0.25) is 0 Å². The third-order valence-electron chi connectivity index (χ3n) is 2.94. The first-order valence-corrected chi connectivity index (χ1v) is 5.13. The van der Waals surface area contributed by atoms with Gasteiger partial charge in [0.1, 0.15) is 12.4 Å². The maximum Gasteiger partial charge on any atom is 0.127 e. The van der Waals surface area contributed by atoms with E-state index in [1.807, 2.05) is 0 Å². The van der Waals surface area contributed by atoms with Gasteiger partial charge in [-0.3, -0.25) is 0 Å². The summed E-state index contributed by atoms with van der Waals surface area (Å²) in [6.07, 6.45) is 0. The van der Waals surface area contributed by atoms with Gasteiger partial charge >= 0.3 is 0 Å². The molecule has 2 rings (SSSR count). The lowest BCUT2D eigenvalue weighted by molar-refractivity contribution is 0.323. The number of ether oxygens (including phenoxy) is 1. The summed E-state index contributed by atoms with van der Waals surface area (Å²) in [6, 6.07) is 2.24. The van der Waals surface area contributed by atoms with Crippen molar-refractivity contribution in [2.24, 2.45) is 0 Å². The first kappa shape index (κ1) is 9.53. The Morgan fingerprint density at radius 1 is 1.21 bits per heavy atom. The lowest BCUT2D eigenvalue weighted by Crippen LogP contribution is -2.16. The minimum absolute atomic E-state index is 0.775. The zero-order valence-corrected chi connectivity index (χ0v) is 9.11. The number of rotatable bonds is 0. The molecule has 2 heteroatoms. The molecule has 0 amide bonds. The number of hydrogen-bond donors (Lipinski definition) is 1. The highest BCUT2D eigenvalue weighted by Gasteiger charge is 2.14. The van der Waals surface area contributed by atoms with E-state index in [-0.39, 0.29) is 0 Å². The Hall–Kier alpha value is -1.02. The minimum Gasteiger partial charge on any atom is -0.492 e. The van der Waals surface area contributed by atoms with Gasteiger partial charge < -0.3 is 10.1 Å². The second-order valence-electron chi connectivity index (χ2n) is 3.97. The fourth-order valence-corrected chi connectivity index (χ4v) is 1.96. The summed E-state index contributed by atoms with van der Waals surface area (Å²) in [6.45, 7) is 9.08. The van der Waals surface area contributed by atoms with E-state index in [4.69, 9.17) is 4.74 Å². The van der Waals surface area contributed by atoms with Crippen LogP contribution in [0.25, 0.3) is 0 Å². The van der Waals surface area contributed by atoms with E-state index in [2.05, 4.69) is 32.2 Å². The van der Waals surface area contributed by atoms with Crippen LogP contribution in [-0.2, 0) is 6.54 Å². The average Bonchev–Trinajstić information content (AvgIpc) is 2.39. The van der Waals surface area contributed by atoms with Crippen LogP contribution in [-0.4, -0.2) is 13.2 Å². The normalized spacial score (nSPS) is 15.6. The maximum absolute atomic E-state index is 5.78. The van der Waals surface area contributed by atoms with Gasteiger partial charge in [-0.25, -0.2) is 0 Å². The fraction of sp³-hybridized carbons (Fsp3) is 0.500. The van der Waals surface area contributed by atoms with E-state index >= 15 is 0 Å². The molecule has 1 aliphatic rings. The van der Waals surface area contributed by atoms with Gasteiger partial charge in [0.15, 0.2) is 0 Å². The third kappa shape index (κ3) is 1.50. The van der Waals surface area contributed by atoms with Gasteiger partial charge in [-0.15, -0.1) is 0 Å². The lowest BCUT2D eigenvalue weighted by Gasteiger charge is -2.14. The minimum atomic E-state index is 0.775. The third-order valence-corrected chi connectivity index (χ3v) is 2.94. The van der Waals surface area contributed by atoms with Crippen molar-refractivity contribution in [1.82, 2.24) is 5.32 Å². The SMILES string of the molecule is Cc1cc(C)c2c(c1C)OCCNC2. The molecule has 0 saturated carbocycles. The quantitative estimate of drug-likeness (QED) is 0.678. The molecular formula is C12H17NO. The Kier molecular flexibility index (Phi) is 2.46. The van der Waals surface area contributed by atoms with Gasteiger partial charge in [0, 0.05) is 18.7 Å². The largest absolute Gasteiger partial charge is 0.492 e. The number of aryl methyl sites for hydroxylation is 2. The topological polar surface area (TPSA) is 21.3 Å². The summed E-state index contributed by atoms with van der Waals surface area (Å²) in [4.78, 5) is 0. The van der Waals surface area contributed by atoms with E-state index in [9.17, 15) is 0 Å². The first-order chi connectivity index (χ1) is 6.70. The lowest BCUT2D eigenvalue weighted by atomic mass is 9.99. The van der Waals surface area contributed by atoms with Gasteiger partial charge in [0.05, 0.1) is 0 Å². The van der Waals surface area contributed by atoms with Crippen molar-refractivity contribution in [3.8, 4) is 5.75 Å². The van der Waals surface area contributed by atoms with Crippen LogP contribution in [0, 0.1) is 20.8 Å². The molecule has 0 aromatic heterocycles. The highest BCUT2D eigenvalue weighted by Crippen LogP contribution is 2.30. The van der Waals surface area contributed by atoms with E-state index in [1.165, 1.54) is 22.3 Å². The van der Waals surface area contributed by atoms with Crippen LogP contribution in [0.4, 0.5) is 0 Å². The summed E-state index contributed by atoms with van der Waals surface area (Å²) < 4.78 is 5.78. The summed E-state index contributed by atoms with van der Waals surface area (Å²) in [7, 11) is 0. The number of fused-ring (bicyclic) bond motifs is 1. The molecule has 1 aliphatic heterocycles. The predicted molar refractivity (Wildman–Crippen MR) is 57.9 cm³/mol. The Morgan fingerprint density at radius 3 is 2.79 bits per heavy atom. The molecule has 0 radical (unpaired) electrons. The van der Waals surface area contributed by atoms with Crippen LogP contribution in [0.15, 0.2) is 6.07 Å². The van der Waals surface area contributed by atoms with E-state index < -0.39 is 0 Å². The highest BCUT2D eigenvalue weighted by molar-refractivity contribution is 5.49. The van der Waals surface area contributed by atoms with Crippen LogP contribution in [0.3, 0.4) is 0 Å². The Bertz CT molecular complexity index is 358. The van der Waals surface area contributed by atoms with Crippen molar-refractivity contribution in [2.75, 3.05) is 13.2 Å². The van der Waals surface area contributed by atoms with E-state index in [1.54, 1.807) is 0 Å². The van der Waals surface area contributed by atoms with Gasteiger partial charge in [-0.05, 0) is 37.5 Å². The molecule has 1 heterocycles. The van der Waals surface area contributed by atoms with Crippen LogP contribution >= 0.6 is 0 Å². The van der Waals surface area contributed by atoms with Gasteiger partial charge in [0.25, 0.3) is 0 Å². The highest BCUT2D eigenvalue weighted by atomic mass is 16.5. The summed E-state index contributed by atoms with van der Waals surface area (Å²) in [5.74, 6) is 1.10. The van der Waals surface area contributed by atoms with Crippen molar-refractivity contribution in [3.05, 3.63) is 28.3 Å². The van der Waals surface area contributed by atoms with Crippen LogP contribution in [0.5, 0.6) is 5.75 Å². The van der Waals surface area contributed by atoms with Crippen molar-refractivity contribution < 1.29 is 4.74 Å². The molecule has 14 heavy (non-hydrogen) atoms. The first-order valence-electron chi connectivity index (χ1n) is 5.13. The molecule has 0 fully saturated rings. The van der Waals surface area contributed by atoms with E-state index in [0.717, 1.165) is 25.4 Å². The molecule has 0 aliphatic carbocycles. The second-order valence-corrected chi connectivity index (χ2v) is 3.97. The summed E-state index contributed by atoms with van der Waals surface area (Å²) >= 11 is 0. The zero-order chi connectivity index (χ0) is 10.1. The van der Waals surface area contributed by atoms with Crippen molar-refractivity contribution >= 4 is 0 Å². The van der Waals surface area contributed by atoms with Gasteiger partial charge in [-0.2, -0.15) is 0 Å². The smallest absolute Gasteiger partial charge is 0.127 e. The van der Waals surface area contributed by atoms with Gasteiger partial charge in [0.2, 0.25) is 0 Å². The number of hydrogen-bond acceptors (Lipinski definition) is 2.